The summed E-state index contributed by atoms with van der Waals surface area (Å²) in [6.07, 6.45) is -5.77. The van der Waals surface area contributed by atoms with Crippen LogP contribution in [-0.4, -0.2) is 72.0 Å². The van der Waals surface area contributed by atoms with E-state index in [0.29, 0.717) is 0 Å². The first kappa shape index (κ1) is 35.9. The summed E-state index contributed by atoms with van der Waals surface area (Å²) in [6, 6.07) is 28.3. The molecule has 3 aromatic rings. The maximum Gasteiger partial charge on any atom is 0.407 e. The van der Waals surface area contributed by atoms with Gasteiger partial charge in [0.15, 0.2) is 12.4 Å². The molecule has 1 heterocycles. The Morgan fingerprint density at radius 2 is 1.38 bits per heavy atom. The maximum atomic E-state index is 13.2. The minimum Gasteiger partial charge on any atom is -0.457 e. The normalized spacial score (nSPS) is 21.3. The summed E-state index contributed by atoms with van der Waals surface area (Å²) in [5.41, 5.74) is 2.60. The average Bonchev–Trinajstić information content (AvgIpc) is 3.09. The minimum atomic E-state index is -1.30. The molecule has 1 aliphatic rings. The van der Waals surface area contributed by atoms with E-state index in [4.69, 9.17) is 40.6 Å². The smallest absolute Gasteiger partial charge is 0.407 e. The molecule has 0 aromatic heterocycles. The van der Waals surface area contributed by atoms with Gasteiger partial charge in [-0.05, 0) is 23.6 Å². The molecule has 250 valence electrons. The van der Waals surface area contributed by atoms with Crippen LogP contribution >= 0.6 is 12.2 Å². The standard InChI is InChI=1S/C36H41NO9S/c1-3-21-41-35-34(43-23-27-15-9-5-10-16-27)32(42-22-26-13-7-4-8-14-26)33(31(46-35)30(39)25(2)47)45-29(38)19-20-37-36(40)44-24-28-17-11-6-12-18-28/h3-18,30-35,39H,1,19-24H2,2H3,(H,37,40)/t30?,31-,32+,33-,34-,35+/m1/s1. The topological polar surface area (TPSA) is 122 Å². The van der Waals surface area contributed by atoms with Crippen molar-refractivity contribution in [2.75, 3.05) is 13.2 Å². The van der Waals surface area contributed by atoms with Crippen LogP contribution in [0, 0.1) is 0 Å². The molecule has 1 saturated heterocycles. The number of benzene rings is 3. The molecular formula is C36H41NO9S. The second-order valence-electron chi connectivity index (χ2n) is 10.9. The summed E-state index contributed by atoms with van der Waals surface area (Å²) in [4.78, 5) is 25.7. The summed E-state index contributed by atoms with van der Waals surface area (Å²) >= 11 is 5.31. The number of carbonyl (C=O) groups is 2. The highest BCUT2D eigenvalue weighted by molar-refractivity contribution is 7.80. The van der Waals surface area contributed by atoms with Gasteiger partial charge in [-0.2, -0.15) is 0 Å². The van der Waals surface area contributed by atoms with E-state index in [0.717, 1.165) is 16.7 Å². The van der Waals surface area contributed by atoms with Gasteiger partial charge in [-0.15, -0.1) is 6.58 Å². The highest BCUT2D eigenvalue weighted by atomic mass is 32.1. The van der Waals surface area contributed by atoms with Gasteiger partial charge in [-0.1, -0.05) is 109 Å². The quantitative estimate of drug-likeness (QED) is 0.115. The first-order valence-corrected chi connectivity index (χ1v) is 15.8. The Morgan fingerprint density at radius 3 is 1.91 bits per heavy atom. The third-order valence-corrected chi connectivity index (χ3v) is 7.53. The van der Waals surface area contributed by atoms with Crippen LogP contribution in [0.1, 0.15) is 30.0 Å². The van der Waals surface area contributed by atoms with E-state index < -0.39 is 48.9 Å². The number of hydrogen-bond donors (Lipinski definition) is 2. The van der Waals surface area contributed by atoms with Crippen molar-refractivity contribution in [2.45, 2.75) is 70.0 Å². The molecule has 3 aromatic carbocycles. The Bertz CT molecular complexity index is 1410. The third kappa shape index (κ3) is 11.4. The van der Waals surface area contributed by atoms with Crippen molar-refractivity contribution < 1.29 is 43.1 Å². The molecule has 0 radical (unpaired) electrons. The SMILES string of the molecule is C=CCO[C@H]1O[C@H](C(O)C(C)=S)[C@@H](OC(=O)CCNC(=O)OCc2ccccc2)[C@H](OCc2ccccc2)[C@H]1OCc1ccccc1. The lowest BCUT2D eigenvalue weighted by atomic mass is 9.93. The summed E-state index contributed by atoms with van der Waals surface area (Å²) in [5, 5.41) is 13.7. The number of alkyl carbamates (subject to hydrolysis) is 1. The molecule has 47 heavy (non-hydrogen) atoms. The predicted molar refractivity (Wildman–Crippen MR) is 178 cm³/mol. The summed E-state index contributed by atoms with van der Waals surface area (Å²) in [5.74, 6) is -0.665. The molecule has 0 spiro atoms. The molecule has 0 aliphatic carbocycles. The van der Waals surface area contributed by atoms with Crippen molar-refractivity contribution in [3.8, 4) is 0 Å². The highest BCUT2D eigenvalue weighted by Crippen LogP contribution is 2.32. The van der Waals surface area contributed by atoms with Crippen LogP contribution in [0.4, 0.5) is 4.79 Å². The van der Waals surface area contributed by atoms with Gasteiger partial charge in [0.25, 0.3) is 0 Å². The zero-order valence-electron chi connectivity index (χ0n) is 26.3. The zero-order chi connectivity index (χ0) is 33.4. The third-order valence-electron chi connectivity index (χ3n) is 7.29. The minimum absolute atomic E-state index is 0.0476. The van der Waals surface area contributed by atoms with Gasteiger partial charge in [0.05, 0.1) is 26.2 Å². The number of carbonyl (C=O) groups excluding carboxylic acids is 2. The number of amides is 1. The molecular weight excluding hydrogens is 622 g/mol. The van der Waals surface area contributed by atoms with Crippen molar-refractivity contribution in [3.05, 3.63) is 120 Å². The van der Waals surface area contributed by atoms with E-state index in [1.807, 2.05) is 91.0 Å². The Kier molecular flexibility index (Phi) is 14.5. The summed E-state index contributed by atoms with van der Waals surface area (Å²) < 4.78 is 36.2. The second kappa shape index (κ2) is 19.0. The van der Waals surface area contributed by atoms with E-state index in [2.05, 4.69) is 11.9 Å². The molecule has 4 rings (SSSR count). The van der Waals surface area contributed by atoms with E-state index in [1.165, 1.54) is 0 Å². The zero-order valence-corrected chi connectivity index (χ0v) is 27.1. The Hall–Kier alpha value is -3.97. The van der Waals surface area contributed by atoms with Crippen molar-refractivity contribution >= 4 is 29.1 Å². The van der Waals surface area contributed by atoms with Crippen LogP contribution in [0.3, 0.4) is 0 Å². The molecule has 0 bridgehead atoms. The number of nitrogens with one attached hydrogen (secondary N) is 1. The Morgan fingerprint density at radius 1 is 0.851 bits per heavy atom. The fraction of sp³-hybridized carbons (Fsp3) is 0.361. The number of esters is 1. The number of aliphatic hydroxyl groups excluding tert-OH is 1. The van der Waals surface area contributed by atoms with Crippen LogP contribution < -0.4 is 5.32 Å². The molecule has 1 unspecified atom stereocenters. The van der Waals surface area contributed by atoms with Gasteiger partial charge >= 0.3 is 12.1 Å². The Labute approximate surface area is 280 Å². The molecule has 6 atom stereocenters. The van der Waals surface area contributed by atoms with Crippen LogP contribution in [0.15, 0.2) is 104 Å². The fourth-order valence-electron chi connectivity index (χ4n) is 4.90. The molecule has 10 nitrogen and oxygen atoms in total. The van der Waals surface area contributed by atoms with E-state index in [9.17, 15) is 14.7 Å². The molecule has 2 N–H and O–H groups in total. The van der Waals surface area contributed by atoms with Gasteiger partial charge < -0.3 is 38.8 Å². The van der Waals surface area contributed by atoms with Crippen LogP contribution in [0.5, 0.6) is 0 Å². The maximum absolute atomic E-state index is 13.2. The monoisotopic (exact) mass is 663 g/mol. The first-order chi connectivity index (χ1) is 22.9. The predicted octanol–water partition coefficient (Wildman–Crippen LogP) is 5.06. The van der Waals surface area contributed by atoms with Gasteiger partial charge in [-0.25, -0.2) is 4.79 Å². The molecule has 11 heteroatoms. The van der Waals surface area contributed by atoms with Crippen molar-refractivity contribution in [3.63, 3.8) is 0 Å². The average molecular weight is 664 g/mol. The molecule has 1 fully saturated rings. The lowest BCUT2D eigenvalue weighted by Gasteiger charge is -2.46. The number of ether oxygens (including phenoxy) is 6. The molecule has 1 aliphatic heterocycles. The van der Waals surface area contributed by atoms with E-state index >= 15 is 0 Å². The summed E-state index contributed by atoms with van der Waals surface area (Å²) in [7, 11) is 0. The largest absolute Gasteiger partial charge is 0.457 e. The lowest BCUT2D eigenvalue weighted by Crippen LogP contribution is -2.64. The number of thiocarbonyl (C=S) groups is 1. The van der Waals surface area contributed by atoms with Gasteiger partial charge in [0.1, 0.15) is 31.0 Å². The van der Waals surface area contributed by atoms with Crippen LogP contribution in [0.2, 0.25) is 0 Å². The fourth-order valence-corrected chi connectivity index (χ4v) is 5.04. The Balaban J connectivity index is 1.52. The highest BCUT2D eigenvalue weighted by Gasteiger charge is 2.52. The summed E-state index contributed by atoms with van der Waals surface area (Å²) in [6.45, 7) is 5.80. The van der Waals surface area contributed by atoms with Crippen LogP contribution in [-0.2, 0) is 53.0 Å². The molecule has 0 saturated carbocycles. The van der Waals surface area contributed by atoms with Crippen molar-refractivity contribution in [1.29, 1.82) is 0 Å². The van der Waals surface area contributed by atoms with Gasteiger partial charge in [0.2, 0.25) is 0 Å². The van der Waals surface area contributed by atoms with Crippen molar-refractivity contribution in [2.24, 2.45) is 0 Å². The second-order valence-corrected chi connectivity index (χ2v) is 11.5. The number of rotatable bonds is 17. The first-order valence-electron chi connectivity index (χ1n) is 15.4. The van der Waals surface area contributed by atoms with E-state index in [-0.39, 0.29) is 44.3 Å². The molecule has 1 amide bonds. The lowest BCUT2D eigenvalue weighted by molar-refractivity contribution is -0.322. The number of aliphatic hydroxyl groups is 1. The van der Waals surface area contributed by atoms with Gasteiger partial charge in [-0.3, -0.25) is 4.79 Å². The number of hydrogen-bond acceptors (Lipinski definition) is 10. The van der Waals surface area contributed by atoms with E-state index in [1.54, 1.807) is 13.0 Å². The van der Waals surface area contributed by atoms with Gasteiger partial charge in [0, 0.05) is 11.4 Å². The van der Waals surface area contributed by atoms with Crippen LogP contribution in [0.25, 0.3) is 0 Å². The van der Waals surface area contributed by atoms with Crippen molar-refractivity contribution in [1.82, 2.24) is 5.32 Å².